The maximum Gasteiger partial charge on any atom is 0.191 e. The molecule has 0 spiro atoms. The van der Waals surface area contributed by atoms with Crippen LogP contribution in [0.3, 0.4) is 0 Å². The predicted molar refractivity (Wildman–Crippen MR) is 134 cm³/mol. The second kappa shape index (κ2) is 12.1. The molecule has 0 bridgehead atoms. The van der Waals surface area contributed by atoms with E-state index in [4.69, 9.17) is 4.74 Å². The molecule has 1 fully saturated rings. The molecule has 10 heteroatoms. The number of hydrogen-bond acceptors (Lipinski definition) is 6. The van der Waals surface area contributed by atoms with E-state index in [0.29, 0.717) is 12.6 Å². The van der Waals surface area contributed by atoms with Crippen molar-refractivity contribution < 1.29 is 4.74 Å². The summed E-state index contributed by atoms with van der Waals surface area (Å²) in [5.41, 5.74) is 2.16. The normalized spacial score (nSPS) is 15.8. The van der Waals surface area contributed by atoms with Crippen LogP contribution in [0.1, 0.15) is 16.5 Å². The first-order valence-corrected chi connectivity index (χ1v) is 10.9. The van der Waals surface area contributed by atoms with Gasteiger partial charge in [-0.1, -0.05) is 18.2 Å². The van der Waals surface area contributed by atoms with Crippen LogP contribution >= 0.6 is 35.3 Å². The van der Waals surface area contributed by atoms with Gasteiger partial charge in [-0.05, 0) is 29.1 Å². The van der Waals surface area contributed by atoms with E-state index in [0.717, 1.165) is 44.5 Å². The molecule has 1 unspecified atom stereocenters. The summed E-state index contributed by atoms with van der Waals surface area (Å²) in [6, 6.07) is 12.9. The largest absolute Gasteiger partial charge is 0.379 e. The number of halogens is 1. The van der Waals surface area contributed by atoms with E-state index in [-0.39, 0.29) is 24.0 Å². The van der Waals surface area contributed by atoms with Crippen molar-refractivity contribution in [1.29, 1.82) is 0 Å². The van der Waals surface area contributed by atoms with Crippen molar-refractivity contribution in [2.24, 2.45) is 4.99 Å². The molecule has 8 nitrogen and oxygen atoms in total. The van der Waals surface area contributed by atoms with Crippen molar-refractivity contribution in [3.05, 3.63) is 64.9 Å². The first-order chi connectivity index (χ1) is 14.8. The third-order valence-corrected chi connectivity index (χ3v) is 6.10. The van der Waals surface area contributed by atoms with Crippen molar-refractivity contribution in [3.8, 4) is 5.69 Å². The van der Waals surface area contributed by atoms with E-state index in [9.17, 15) is 0 Å². The average molecular weight is 553 g/mol. The summed E-state index contributed by atoms with van der Waals surface area (Å²) in [6.07, 6.45) is 3.23. The lowest BCUT2D eigenvalue weighted by Crippen LogP contribution is -2.46. The summed E-state index contributed by atoms with van der Waals surface area (Å²) in [6.45, 7) is 4.98. The second-order valence-corrected chi connectivity index (χ2v) is 7.97. The number of nitrogens with zero attached hydrogens (tertiary/aromatic N) is 5. The highest BCUT2D eigenvalue weighted by Crippen LogP contribution is 2.25. The Bertz CT molecular complexity index is 910. The molecule has 0 amide bonds. The van der Waals surface area contributed by atoms with Crippen LogP contribution in [-0.2, 0) is 11.3 Å². The standard InChI is InChI=1S/C21H27N7OS.HI/c1-22-21(24-13-17-4-6-18(7-5-17)28-16-23-15-26-28)25-14-19(20-3-2-12-30-20)27-8-10-29-11-9-27;/h2-7,12,15-16,19H,8-11,13-14H2,1H3,(H2,22,24,25);1H. The lowest BCUT2D eigenvalue weighted by atomic mass is 10.2. The van der Waals surface area contributed by atoms with Gasteiger partial charge in [-0.25, -0.2) is 9.67 Å². The molecule has 2 N–H and O–H groups in total. The topological polar surface area (TPSA) is 79.6 Å². The number of aliphatic imine (C=N–C) groups is 1. The minimum atomic E-state index is 0. The molecule has 3 heterocycles. The number of hydrogen-bond donors (Lipinski definition) is 2. The summed E-state index contributed by atoms with van der Waals surface area (Å²) in [7, 11) is 1.80. The van der Waals surface area contributed by atoms with Gasteiger partial charge in [0.15, 0.2) is 5.96 Å². The summed E-state index contributed by atoms with van der Waals surface area (Å²) in [5, 5.41) is 13.2. The monoisotopic (exact) mass is 553 g/mol. The number of nitrogens with one attached hydrogen (secondary N) is 2. The Morgan fingerprint density at radius 3 is 2.65 bits per heavy atom. The molecule has 1 atom stereocenters. The highest BCUT2D eigenvalue weighted by atomic mass is 127. The molecule has 1 saturated heterocycles. The summed E-state index contributed by atoms with van der Waals surface area (Å²) in [5.74, 6) is 0.796. The van der Waals surface area contributed by atoms with E-state index in [2.05, 4.69) is 60.3 Å². The van der Waals surface area contributed by atoms with Gasteiger partial charge >= 0.3 is 0 Å². The van der Waals surface area contributed by atoms with Crippen LogP contribution < -0.4 is 10.6 Å². The fraction of sp³-hybridized carbons (Fsp3) is 0.381. The number of benzene rings is 1. The molecule has 1 aromatic carbocycles. The number of morpholine rings is 1. The third-order valence-electron chi connectivity index (χ3n) is 5.12. The maximum atomic E-state index is 5.53. The Morgan fingerprint density at radius 2 is 2.00 bits per heavy atom. The molecular formula is C21H28IN7OS. The molecule has 166 valence electrons. The summed E-state index contributed by atoms with van der Waals surface area (Å²) < 4.78 is 7.27. The number of ether oxygens (including phenoxy) is 1. The molecule has 31 heavy (non-hydrogen) atoms. The number of rotatable bonds is 7. The molecule has 0 aliphatic carbocycles. The zero-order valence-electron chi connectivity index (χ0n) is 17.5. The van der Waals surface area contributed by atoms with E-state index in [1.54, 1.807) is 29.4 Å². The predicted octanol–water partition coefficient (Wildman–Crippen LogP) is 2.69. The molecule has 4 rings (SSSR count). The van der Waals surface area contributed by atoms with Crippen LogP contribution in [0.4, 0.5) is 0 Å². The van der Waals surface area contributed by atoms with Crippen molar-refractivity contribution in [1.82, 2.24) is 30.3 Å². The minimum absolute atomic E-state index is 0. The van der Waals surface area contributed by atoms with Crippen LogP contribution in [0.25, 0.3) is 5.69 Å². The van der Waals surface area contributed by atoms with E-state index >= 15 is 0 Å². The van der Waals surface area contributed by atoms with Crippen molar-refractivity contribution in [3.63, 3.8) is 0 Å². The van der Waals surface area contributed by atoms with Crippen LogP contribution in [0.15, 0.2) is 59.4 Å². The smallest absolute Gasteiger partial charge is 0.191 e. The number of thiophene rings is 1. The molecule has 1 aliphatic heterocycles. The highest BCUT2D eigenvalue weighted by Gasteiger charge is 2.23. The minimum Gasteiger partial charge on any atom is -0.379 e. The molecule has 2 aromatic heterocycles. The van der Waals surface area contributed by atoms with Gasteiger partial charge in [0.05, 0.1) is 24.9 Å². The lowest BCUT2D eigenvalue weighted by molar-refractivity contribution is 0.0177. The highest BCUT2D eigenvalue weighted by molar-refractivity contribution is 14.0. The average Bonchev–Trinajstić information content (AvgIpc) is 3.52. The summed E-state index contributed by atoms with van der Waals surface area (Å²) >= 11 is 1.80. The van der Waals surface area contributed by atoms with Gasteiger partial charge in [0.1, 0.15) is 12.7 Å². The van der Waals surface area contributed by atoms with Gasteiger partial charge in [-0.3, -0.25) is 9.89 Å². The maximum absolute atomic E-state index is 5.53. The molecular weight excluding hydrogens is 525 g/mol. The van der Waals surface area contributed by atoms with E-state index in [1.165, 1.54) is 16.8 Å². The molecule has 0 saturated carbocycles. The quantitative estimate of drug-likeness (QED) is 0.266. The van der Waals surface area contributed by atoms with Crippen LogP contribution in [0.2, 0.25) is 0 Å². The van der Waals surface area contributed by atoms with Gasteiger partial charge in [-0.15, -0.1) is 35.3 Å². The van der Waals surface area contributed by atoms with E-state index < -0.39 is 0 Å². The first kappa shape index (κ1) is 23.6. The fourth-order valence-electron chi connectivity index (χ4n) is 3.49. The Balaban J connectivity index is 0.00000272. The van der Waals surface area contributed by atoms with E-state index in [1.807, 2.05) is 12.1 Å². The fourth-order valence-corrected chi connectivity index (χ4v) is 4.35. The molecule has 0 radical (unpaired) electrons. The number of guanidine groups is 1. The Kier molecular flexibility index (Phi) is 9.25. The Labute approximate surface area is 203 Å². The third kappa shape index (κ3) is 6.48. The SMILES string of the molecule is CN=C(NCc1ccc(-n2cncn2)cc1)NCC(c1cccs1)N1CCOCC1.I. The lowest BCUT2D eigenvalue weighted by Gasteiger charge is -2.34. The van der Waals surface area contributed by atoms with Crippen molar-refractivity contribution in [2.45, 2.75) is 12.6 Å². The van der Waals surface area contributed by atoms with Gasteiger partial charge in [-0.2, -0.15) is 5.10 Å². The molecule has 1 aliphatic rings. The van der Waals surface area contributed by atoms with Crippen LogP contribution in [0, 0.1) is 0 Å². The van der Waals surface area contributed by atoms with Gasteiger partial charge < -0.3 is 15.4 Å². The zero-order valence-corrected chi connectivity index (χ0v) is 20.6. The van der Waals surface area contributed by atoms with Crippen LogP contribution in [0.5, 0.6) is 0 Å². The van der Waals surface area contributed by atoms with Crippen molar-refractivity contribution in [2.75, 3.05) is 39.9 Å². The zero-order chi connectivity index (χ0) is 20.6. The second-order valence-electron chi connectivity index (χ2n) is 6.99. The number of aromatic nitrogens is 3. The Morgan fingerprint density at radius 1 is 1.19 bits per heavy atom. The van der Waals surface area contributed by atoms with Gasteiger partial charge in [0.2, 0.25) is 0 Å². The Hall–Kier alpha value is -2.02. The van der Waals surface area contributed by atoms with Crippen molar-refractivity contribution >= 4 is 41.3 Å². The first-order valence-electron chi connectivity index (χ1n) is 10.1. The molecule has 3 aromatic rings. The van der Waals surface area contributed by atoms with Crippen LogP contribution in [-0.4, -0.2) is 65.5 Å². The summed E-state index contributed by atoms with van der Waals surface area (Å²) in [4.78, 5) is 12.2. The van der Waals surface area contributed by atoms with Gasteiger partial charge in [0, 0.05) is 38.1 Å². The van der Waals surface area contributed by atoms with Gasteiger partial charge in [0.25, 0.3) is 0 Å².